The number of methoxy groups -OCH3 is 1. The van der Waals surface area contributed by atoms with Gasteiger partial charge in [0.05, 0.1) is 19.3 Å². The zero-order valence-corrected chi connectivity index (χ0v) is 14.7. The van der Waals surface area contributed by atoms with Crippen molar-refractivity contribution in [1.82, 2.24) is 9.55 Å². The van der Waals surface area contributed by atoms with E-state index in [-0.39, 0.29) is 11.5 Å². The maximum Gasteiger partial charge on any atom is 0.356 e. The van der Waals surface area contributed by atoms with Gasteiger partial charge in [0.15, 0.2) is 0 Å². The molecule has 4 rings (SSSR count). The van der Waals surface area contributed by atoms with Crippen LogP contribution in [-0.4, -0.2) is 22.6 Å². The summed E-state index contributed by atoms with van der Waals surface area (Å²) in [7, 11) is 1.33. The number of aromatic nitrogens is 2. The molecule has 0 atom stereocenters. The summed E-state index contributed by atoms with van der Waals surface area (Å²) in [5.74, 6) is -0.746. The quantitative estimate of drug-likeness (QED) is 0.497. The number of hydrogen-bond acceptors (Lipinski definition) is 3. The molecule has 0 aliphatic heterocycles. The first-order chi connectivity index (χ1) is 13.2. The van der Waals surface area contributed by atoms with E-state index in [1.165, 1.54) is 19.2 Å². The number of rotatable bonds is 4. The topological polar surface area (TPSA) is 44.1 Å². The van der Waals surface area contributed by atoms with Gasteiger partial charge < -0.3 is 9.30 Å². The number of fused-ring (bicyclic) bond motifs is 1. The molecule has 5 heteroatoms. The Bertz CT molecular complexity index is 1120. The van der Waals surface area contributed by atoms with E-state index in [2.05, 4.69) is 9.55 Å². The van der Waals surface area contributed by atoms with Gasteiger partial charge in [0.1, 0.15) is 11.5 Å². The molecule has 0 saturated heterocycles. The highest BCUT2D eigenvalue weighted by atomic mass is 19.1. The molecule has 0 spiro atoms. The normalized spacial score (nSPS) is 10.9. The SMILES string of the molecule is COC(=O)c1cccc(Cn2c(-c3ccccc3)cc3cc(F)ccc32)n1. The van der Waals surface area contributed by atoms with Crippen LogP contribution in [0.2, 0.25) is 0 Å². The van der Waals surface area contributed by atoms with E-state index < -0.39 is 5.97 Å². The van der Waals surface area contributed by atoms with Crippen LogP contribution in [-0.2, 0) is 11.3 Å². The van der Waals surface area contributed by atoms with Crippen molar-refractivity contribution in [3.05, 3.63) is 90.0 Å². The number of carbonyl (C=O) groups is 1. The number of halogens is 1. The molecule has 0 amide bonds. The fourth-order valence-electron chi connectivity index (χ4n) is 3.21. The molecule has 0 fully saturated rings. The van der Waals surface area contributed by atoms with Crippen molar-refractivity contribution >= 4 is 16.9 Å². The lowest BCUT2D eigenvalue weighted by Crippen LogP contribution is -2.09. The van der Waals surface area contributed by atoms with Crippen LogP contribution in [0.5, 0.6) is 0 Å². The molecule has 0 aliphatic rings. The number of pyridine rings is 1. The van der Waals surface area contributed by atoms with E-state index >= 15 is 0 Å². The van der Waals surface area contributed by atoms with Crippen LogP contribution in [0.4, 0.5) is 4.39 Å². The number of hydrogen-bond donors (Lipinski definition) is 0. The summed E-state index contributed by atoms with van der Waals surface area (Å²) in [6.07, 6.45) is 0. The fraction of sp³-hybridized carbons (Fsp3) is 0.0909. The molecule has 0 aliphatic carbocycles. The largest absolute Gasteiger partial charge is 0.464 e. The van der Waals surface area contributed by atoms with Crippen molar-refractivity contribution in [2.24, 2.45) is 0 Å². The van der Waals surface area contributed by atoms with Crippen molar-refractivity contribution in [2.75, 3.05) is 7.11 Å². The van der Waals surface area contributed by atoms with Gasteiger partial charge in [-0.15, -0.1) is 0 Å². The molecule has 27 heavy (non-hydrogen) atoms. The third kappa shape index (κ3) is 3.31. The number of nitrogens with zero attached hydrogens (tertiary/aromatic N) is 2. The molecule has 0 unspecified atom stereocenters. The van der Waals surface area contributed by atoms with Gasteiger partial charge in [0, 0.05) is 16.6 Å². The van der Waals surface area contributed by atoms with Crippen molar-refractivity contribution in [3.63, 3.8) is 0 Å². The molecule has 0 bridgehead atoms. The Labute approximate surface area is 155 Å². The summed E-state index contributed by atoms with van der Waals surface area (Å²) >= 11 is 0. The molecule has 2 heterocycles. The minimum absolute atomic E-state index is 0.263. The van der Waals surface area contributed by atoms with E-state index in [4.69, 9.17) is 4.74 Å². The van der Waals surface area contributed by atoms with Crippen LogP contribution >= 0.6 is 0 Å². The van der Waals surface area contributed by atoms with Gasteiger partial charge in [-0.1, -0.05) is 36.4 Å². The Morgan fingerprint density at radius 2 is 1.85 bits per heavy atom. The lowest BCUT2D eigenvalue weighted by molar-refractivity contribution is 0.0593. The lowest BCUT2D eigenvalue weighted by atomic mass is 10.1. The van der Waals surface area contributed by atoms with Crippen LogP contribution in [0.3, 0.4) is 0 Å². The summed E-state index contributed by atoms with van der Waals surface area (Å²) in [5, 5.41) is 0.818. The van der Waals surface area contributed by atoms with E-state index in [1.54, 1.807) is 18.2 Å². The number of ether oxygens (including phenoxy) is 1. The van der Waals surface area contributed by atoms with Crippen molar-refractivity contribution in [1.29, 1.82) is 0 Å². The van der Waals surface area contributed by atoms with Gasteiger partial charge in [0.2, 0.25) is 0 Å². The second-order valence-corrected chi connectivity index (χ2v) is 6.19. The highest BCUT2D eigenvalue weighted by Gasteiger charge is 2.14. The molecule has 4 nitrogen and oxygen atoms in total. The number of carbonyl (C=O) groups excluding carboxylic acids is 1. The van der Waals surface area contributed by atoms with Crippen molar-refractivity contribution < 1.29 is 13.9 Å². The second-order valence-electron chi connectivity index (χ2n) is 6.19. The summed E-state index contributed by atoms with van der Waals surface area (Å²) in [5.41, 5.74) is 3.87. The van der Waals surface area contributed by atoms with Crippen LogP contribution < -0.4 is 0 Å². The predicted octanol–water partition coefficient (Wildman–Crippen LogP) is 4.68. The fourth-order valence-corrected chi connectivity index (χ4v) is 3.21. The number of benzene rings is 2. The minimum atomic E-state index is -0.473. The maximum atomic E-state index is 13.7. The Morgan fingerprint density at radius 1 is 1.04 bits per heavy atom. The first kappa shape index (κ1) is 17.0. The second kappa shape index (κ2) is 7.03. The van der Waals surface area contributed by atoms with Crippen molar-refractivity contribution in [3.8, 4) is 11.3 Å². The highest BCUT2D eigenvalue weighted by molar-refractivity contribution is 5.88. The predicted molar refractivity (Wildman–Crippen MR) is 102 cm³/mol. The van der Waals surface area contributed by atoms with Crippen LogP contribution in [0.25, 0.3) is 22.2 Å². The average Bonchev–Trinajstić information content (AvgIpc) is 3.05. The van der Waals surface area contributed by atoms with Crippen LogP contribution in [0, 0.1) is 5.82 Å². The van der Waals surface area contributed by atoms with E-state index in [0.717, 1.165) is 27.9 Å². The summed E-state index contributed by atoms with van der Waals surface area (Å²) in [4.78, 5) is 16.2. The Morgan fingerprint density at radius 3 is 2.63 bits per heavy atom. The van der Waals surface area contributed by atoms with Gasteiger partial charge in [-0.25, -0.2) is 14.2 Å². The van der Waals surface area contributed by atoms with E-state index in [9.17, 15) is 9.18 Å². The molecule has 2 aromatic heterocycles. The Balaban J connectivity index is 1.84. The standard InChI is InChI=1S/C22H17FN2O2/c1-27-22(26)19-9-5-8-18(24-19)14-25-20-11-10-17(23)12-16(20)13-21(25)15-6-3-2-4-7-15/h2-13H,14H2,1H3. The first-order valence-electron chi connectivity index (χ1n) is 8.54. The molecule has 0 saturated carbocycles. The average molecular weight is 360 g/mol. The van der Waals surface area contributed by atoms with Gasteiger partial charge in [-0.3, -0.25) is 0 Å². The van der Waals surface area contributed by atoms with Crippen LogP contribution in [0.1, 0.15) is 16.2 Å². The molecule has 0 radical (unpaired) electrons. The monoisotopic (exact) mass is 360 g/mol. The van der Waals surface area contributed by atoms with E-state index in [1.807, 2.05) is 42.5 Å². The maximum absolute atomic E-state index is 13.7. The zero-order chi connectivity index (χ0) is 18.8. The third-order valence-electron chi connectivity index (χ3n) is 4.45. The zero-order valence-electron chi connectivity index (χ0n) is 14.7. The summed E-state index contributed by atoms with van der Waals surface area (Å²) < 4.78 is 20.5. The smallest absolute Gasteiger partial charge is 0.356 e. The number of esters is 1. The molecule has 0 N–H and O–H groups in total. The Hall–Kier alpha value is -3.47. The lowest BCUT2D eigenvalue weighted by Gasteiger charge is -2.11. The van der Waals surface area contributed by atoms with Crippen molar-refractivity contribution in [2.45, 2.75) is 6.54 Å². The molecule has 4 aromatic rings. The van der Waals surface area contributed by atoms with Crippen LogP contribution in [0.15, 0.2) is 72.8 Å². The molecule has 134 valence electrons. The molecular weight excluding hydrogens is 343 g/mol. The molecular formula is C22H17FN2O2. The van der Waals surface area contributed by atoms with Gasteiger partial charge in [0.25, 0.3) is 0 Å². The van der Waals surface area contributed by atoms with Gasteiger partial charge in [-0.05, 0) is 42.0 Å². The highest BCUT2D eigenvalue weighted by Crippen LogP contribution is 2.29. The summed E-state index contributed by atoms with van der Waals surface area (Å²) in [6.45, 7) is 0.449. The van der Waals surface area contributed by atoms with E-state index in [0.29, 0.717) is 6.54 Å². The van der Waals surface area contributed by atoms with Gasteiger partial charge >= 0.3 is 5.97 Å². The molecule has 2 aromatic carbocycles. The minimum Gasteiger partial charge on any atom is -0.464 e. The summed E-state index contributed by atoms with van der Waals surface area (Å²) in [6, 6.07) is 21.9. The van der Waals surface area contributed by atoms with Gasteiger partial charge in [-0.2, -0.15) is 0 Å². The first-order valence-corrected chi connectivity index (χ1v) is 8.54. The third-order valence-corrected chi connectivity index (χ3v) is 4.45. The Kier molecular flexibility index (Phi) is 4.42.